The van der Waals surface area contributed by atoms with Gasteiger partial charge in [0.05, 0.1) is 5.75 Å². The van der Waals surface area contributed by atoms with Crippen molar-refractivity contribution in [2.24, 2.45) is 5.92 Å². The molecule has 1 saturated carbocycles. The highest BCUT2D eigenvalue weighted by Crippen LogP contribution is 2.23. The van der Waals surface area contributed by atoms with Crippen molar-refractivity contribution in [2.45, 2.75) is 38.6 Å². The van der Waals surface area contributed by atoms with Gasteiger partial charge in [0, 0.05) is 6.04 Å². The molecule has 1 amide bonds. The van der Waals surface area contributed by atoms with Crippen molar-refractivity contribution in [3.05, 3.63) is 0 Å². The summed E-state index contributed by atoms with van der Waals surface area (Å²) in [7, 11) is 0. The van der Waals surface area contributed by atoms with Crippen molar-refractivity contribution in [1.29, 1.82) is 0 Å². The third-order valence-corrected chi connectivity index (χ3v) is 2.73. The number of carbonyl (C=O) groups excluding carboxylic acids is 1. The molecule has 0 aliphatic heterocycles. The second-order valence-corrected chi connectivity index (χ2v) is 4.01. The lowest BCUT2D eigenvalue weighted by molar-refractivity contribution is -0.119. The Morgan fingerprint density at radius 1 is 1.58 bits per heavy atom. The van der Waals surface area contributed by atoms with Crippen molar-refractivity contribution in [3.63, 3.8) is 0 Å². The van der Waals surface area contributed by atoms with Crippen LogP contribution in [0.5, 0.6) is 0 Å². The molecule has 0 bridgehead atoms. The average Bonchev–Trinajstić information content (AvgIpc) is 2.04. The predicted molar refractivity (Wildman–Crippen MR) is 53.4 cm³/mol. The van der Waals surface area contributed by atoms with E-state index in [1.807, 2.05) is 0 Å². The lowest BCUT2D eigenvalue weighted by atomic mass is 9.87. The second kappa shape index (κ2) is 4.75. The van der Waals surface area contributed by atoms with Gasteiger partial charge in [-0.05, 0) is 18.8 Å². The summed E-state index contributed by atoms with van der Waals surface area (Å²) in [6, 6.07) is 0.411. The van der Waals surface area contributed by atoms with Gasteiger partial charge < -0.3 is 5.32 Å². The van der Waals surface area contributed by atoms with Gasteiger partial charge in [-0.25, -0.2) is 0 Å². The molecule has 12 heavy (non-hydrogen) atoms. The Balaban J connectivity index is 2.27. The molecule has 1 aliphatic carbocycles. The summed E-state index contributed by atoms with van der Waals surface area (Å²) in [6.45, 7) is 2.25. The molecule has 2 atom stereocenters. The van der Waals surface area contributed by atoms with Crippen LogP contribution in [0, 0.1) is 5.92 Å². The maximum Gasteiger partial charge on any atom is 0.229 e. The van der Waals surface area contributed by atoms with E-state index in [9.17, 15) is 4.79 Å². The molecule has 1 N–H and O–H groups in total. The summed E-state index contributed by atoms with van der Waals surface area (Å²) in [5.74, 6) is 1.15. The van der Waals surface area contributed by atoms with Crippen LogP contribution < -0.4 is 5.32 Å². The highest BCUT2D eigenvalue weighted by atomic mass is 32.1. The van der Waals surface area contributed by atoms with E-state index in [2.05, 4.69) is 24.9 Å². The van der Waals surface area contributed by atoms with Gasteiger partial charge >= 0.3 is 0 Å². The summed E-state index contributed by atoms with van der Waals surface area (Å²) < 4.78 is 0. The fourth-order valence-corrected chi connectivity index (χ4v) is 1.93. The molecule has 0 saturated heterocycles. The van der Waals surface area contributed by atoms with Crippen LogP contribution in [0.25, 0.3) is 0 Å². The Morgan fingerprint density at radius 2 is 2.33 bits per heavy atom. The molecule has 0 aromatic rings. The van der Waals surface area contributed by atoms with Crippen molar-refractivity contribution in [3.8, 4) is 0 Å². The Labute approximate surface area is 79.5 Å². The Bertz CT molecular complexity index is 161. The topological polar surface area (TPSA) is 29.1 Å². The number of hydrogen-bond donors (Lipinski definition) is 2. The standard InChI is InChI=1S/C9H17NOS/c1-7-3-2-4-8(5-7)10-9(11)6-12/h7-8,12H,2-6H2,1H3,(H,10,11). The Kier molecular flexibility index (Phi) is 3.92. The minimum Gasteiger partial charge on any atom is -0.353 e. The molecule has 1 aliphatic rings. The summed E-state index contributed by atoms with van der Waals surface area (Å²) in [5.41, 5.74) is 0. The van der Waals surface area contributed by atoms with Crippen LogP contribution >= 0.6 is 12.6 Å². The van der Waals surface area contributed by atoms with E-state index >= 15 is 0 Å². The van der Waals surface area contributed by atoms with E-state index in [1.165, 1.54) is 12.8 Å². The SMILES string of the molecule is CC1CCCC(NC(=O)CS)C1. The van der Waals surface area contributed by atoms with Gasteiger partial charge in [-0.15, -0.1) is 0 Å². The van der Waals surface area contributed by atoms with Crippen LogP contribution in [0.3, 0.4) is 0 Å². The maximum atomic E-state index is 11.0. The first-order valence-corrected chi connectivity index (χ1v) is 5.26. The third-order valence-electron chi connectivity index (χ3n) is 2.45. The molecule has 0 radical (unpaired) electrons. The molecular formula is C9H17NOS. The number of thiol groups is 1. The maximum absolute atomic E-state index is 11.0. The van der Waals surface area contributed by atoms with Gasteiger partial charge in [-0.3, -0.25) is 4.79 Å². The molecule has 2 unspecified atom stereocenters. The molecule has 0 aromatic heterocycles. The van der Waals surface area contributed by atoms with Gasteiger partial charge in [0.15, 0.2) is 0 Å². The molecule has 3 heteroatoms. The van der Waals surface area contributed by atoms with Crippen molar-refractivity contribution in [2.75, 3.05) is 5.75 Å². The minimum absolute atomic E-state index is 0.0671. The van der Waals surface area contributed by atoms with Gasteiger partial charge in [0.2, 0.25) is 5.91 Å². The van der Waals surface area contributed by atoms with Crippen LogP contribution in [0.4, 0.5) is 0 Å². The quantitative estimate of drug-likeness (QED) is 0.632. The average molecular weight is 187 g/mol. The highest BCUT2D eigenvalue weighted by Gasteiger charge is 2.19. The van der Waals surface area contributed by atoms with E-state index in [0.717, 1.165) is 18.8 Å². The molecular weight excluding hydrogens is 170 g/mol. The zero-order chi connectivity index (χ0) is 8.97. The monoisotopic (exact) mass is 187 g/mol. The normalized spacial score (nSPS) is 29.8. The number of carbonyl (C=O) groups is 1. The minimum atomic E-state index is 0.0671. The van der Waals surface area contributed by atoms with Crippen LogP contribution in [0.15, 0.2) is 0 Å². The first kappa shape index (κ1) is 9.90. The molecule has 1 rings (SSSR count). The fourth-order valence-electron chi connectivity index (χ4n) is 1.84. The van der Waals surface area contributed by atoms with Gasteiger partial charge in [0.1, 0.15) is 0 Å². The number of nitrogens with one attached hydrogen (secondary N) is 1. The first-order chi connectivity index (χ1) is 5.72. The lowest BCUT2D eigenvalue weighted by Crippen LogP contribution is -2.38. The molecule has 2 nitrogen and oxygen atoms in total. The summed E-state index contributed by atoms with van der Waals surface area (Å²) >= 11 is 3.93. The van der Waals surface area contributed by atoms with Gasteiger partial charge in [-0.2, -0.15) is 12.6 Å². The van der Waals surface area contributed by atoms with E-state index in [4.69, 9.17) is 0 Å². The summed E-state index contributed by atoms with van der Waals surface area (Å²) in [5, 5.41) is 2.98. The van der Waals surface area contributed by atoms with Crippen molar-refractivity contribution < 1.29 is 4.79 Å². The first-order valence-electron chi connectivity index (χ1n) is 4.62. The van der Waals surface area contributed by atoms with Crippen molar-refractivity contribution in [1.82, 2.24) is 5.32 Å². The van der Waals surface area contributed by atoms with E-state index in [1.54, 1.807) is 0 Å². The van der Waals surface area contributed by atoms with Crippen LogP contribution in [-0.2, 0) is 4.79 Å². The molecule has 1 fully saturated rings. The van der Waals surface area contributed by atoms with Crippen LogP contribution in [-0.4, -0.2) is 17.7 Å². The van der Waals surface area contributed by atoms with Crippen molar-refractivity contribution >= 4 is 18.5 Å². The third kappa shape index (κ3) is 3.05. The smallest absolute Gasteiger partial charge is 0.229 e. The second-order valence-electron chi connectivity index (χ2n) is 3.69. The number of rotatable bonds is 2. The van der Waals surface area contributed by atoms with E-state index < -0.39 is 0 Å². The Morgan fingerprint density at radius 3 is 2.92 bits per heavy atom. The molecule has 0 heterocycles. The van der Waals surface area contributed by atoms with E-state index in [0.29, 0.717) is 11.8 Å². The van der Waals surface area contributed by atoms with E-state index in [-0.39, 0.29) is 5.91 Å². The highest BCUT2D eigenvalue weighted by molar-refractivity contribution is 7.81. The van der Waals surface area contributed by atoms with Gasteiger partial charge in [0.25, 0.3) is 0 Å². The predicted octanol–water partition coefficient (Wildman–Crippen LogP) is 1.61. The molecule has 70 valence electrons. The summed E-state index contributed by atoms with van der Waals surface area (Å²) in [4.78, 5) is 11.0. The van der Waals surface area contributed by atoms with Gasteiger partial charge in [-0.1, -0.05) is 19.8 Å². The number of hydrogen-bond acceptors (Lipinski definition) is 2. The zero-order valence-corrected chi connectivity index (χ0v) is 8.44. The van der Waals surface area contributed by atoms with Crippen LogP contribution in [0.2, 0.25) is 0 Å². The number of amides is 1. The fraction of sp³-hybridized carbons (Fsp3) is 0.889. The molecule has 0 spiro atoms. The zero-order valence-electron chi connectivity index (χ0n) is 7.55. The van der Waals surface area contributed by atoms with Crippen LogP contribution in [0.1, 0.15) is 32.6 Å². The largest absolute Gasteiger partial charge is 0.353 e. The molecule has 0 aromatic carbocycles. The summed E-state index contributed by atoms with van der Waals surface area (Å²) in [6.07, 6.45) is 4.84. The Hall–Kier alpha value is -0.180. The lowest BCUT2D eigenvalue weighted by Gasteiger charge is -2.27.